The minimum absolute atomic E-state index is 0.0724. The monoisotopic (exact) mass is 330 g/mol. The molecule has 1 atom stereocenters. The molecule has 0 spiro atoms. The lowest BCUT2D eigenvalue weighted by Gasteiger charge is -2.24. The molecule has 1 fully saturated rings. The smallest absolute Gasteiger partial charge is 0.199 e. The highest BCUT2D eigenvalue weighted by atomic mass is 127. The van der Waals surface area contributed by atoms with Gasteiger partial charge in [0.05, 0.1) is 10.2 Å². The number of hydrogen-bond donors (Lipinski definition) is 0. The number of rotatable bonds is 3. The fourth-order valence-corrected chi connectivity index (χ4v) is 2.35. The molecule has 0 amide bonds. The van der Waals surface area contributed by atoms with Crippen molar-refractivity contribution in [3.8, 4) is 5.75 Å². The Morgan fingerprint density at radius 1 is 1.44 bits per heavy atom. The van der Waals surface area contributed by atoms with Gasteiger partial charge >= 0.3 is 0 Å². The number of benzene rings is 1. The Kier molecular flexibility index (Phi) is 4.23. The zero-order valence-electron chi connectivity index (χ0n) is 9.12. The predicted molar refractivity (Wildman–Crippen MR) is 73.5 cm³/mol. The standard InChI is InChI=1S/C13H15IO2/c1-2-10-6-7-12(11(14)9-10)16-13-5-3-4-8-15-13/h2,6-7,9,13H,1,3-5,8H2. The molecule has 0 bridgehead atoms. The summed E-state index contributed by atoms with van der Waals surface area (Å²) in [6, 6.07) is 6.05. The van der Waals surface area contributed by atoms with Crippen LogP contribution in [0.4, 0.5) is 0 Å². The van der Waals surface area contributed by atoms with Crippen LogP contribution >= 0.6 is 22.6 Å². The van der Waals surface area contributed by atoms with Crippen LogP contribution in [0.25, 0.3) is 6.08 Å². The molecule has 1 aromatic carbocycles. The van der Waals surface area contributed by atoms with Crippen molar-refractivity contribution in [3.05, 3.63) is 33.9 Å². The summed E-state index contributed by atoms with van der Waals surface area (Å²) >= 11 is 2.28. The highest BCUT2D eigenvalue weighted by molar-refractivity contribution is 14.1. The van der Waals surface area contributed by atoms with Crippen molar-refractivity contribution < 1.29 is 9.47 Å². The van der Waals surface area contributed by atoms with Gasteiger partial charge in [-0.2, -0.15) is 0 Å². The van der Waals surface area contributed by atoms with Gasteiger partial charge in [-0.25, -0.2) is 0 Å². The Labute approximate surface area is 110 Å². The van der Waals surface area contributed by atoms with Crippen molar-refractivity contribution in [1.82, 2.24) is 0 Å². The Hall–Kier alpha value is -0.550. The van der Waals surface area contributed by atoms with E-state index in [1.54, 1.807) is 0 Å². The average Bonchev–Trinajstić information content (AvgIpc) is 2.33. The fraction of sp³-hybridized carbons (Fsp3) is 0.385. The van der Waals surface area contributed by atoms with E-state index in [1.807, 2.05) is 18.2 Å². The first-order valence-electron chi connectivity index (χ1n) is 5.50. The van der Waals surface area contributed by atoms with E-state index in [1.165, 1.54) is 6.42 Å². The van der Waals surface area contributed by atoms with Crippen molar-refractivity contribution in [1.29, 1.82) is 0 Å². The van der Waals surface area contributed by atoms with E-state index in [0.29, 0.717) is 0 Å². The molecule has 86 valence electrons. The van der Waals surface area contributed by atoms with Gasteiger partial charge < -0.3 is 9.47 Å². The highest BCUT2D eigenvalue weighted by Crippen LogP contribution is 2.25. The minimum Gasteiger partial charge on any atom is -0.464 e. The SMILES string of the molecule is C=Cc1ccc(OC2CCCCO2)c(I)c1. The van der Waals surface area contributed by atoms with Gasteiger partial charge in [-0.1, -0.05) is 18.7 Å². The lowest BCUT2D eigenvalue weighted by atomic mass is 10.2. The van der Waals surface area contributed by atoms with Crippen LogP contribution in [0.2, 0.25) is 0 Å². The van der Waals surface area contributed by atoms with Crippen molar-refractivity contribution in [2.24, 2.45) is 0 Å². The van der Waals surface area contributed by atoms with Crippen LogP contribution in [0.1, 0.15) is 24.8 Å². The highest BCUT2D eigenvalue weighted by Gasteiger charge is 2.16. The molecular formula is C13H15IO2. The summed E-state index contributed by atoms with van der Waals surface area (Å²) < 4.78 is 12.5. The molecular weight excluding hydrogens is 315 g/mol. The summed E-state index contributed by atoms with van der Waals surface area (Å²) in [4.78, 5) is 0. The van der Waals surface area contributed by atoms with Crippen LogP contribution in [-0.2, 0) is 4.74 Å². The first-order chi connectivity index (χ1) is 7.79. The zero-order chi connectivity index (χ0) is 11.4. The average molecular weight is 330 g/mol. The summed E-state index contributed by atoms with van der Waals surface area (Å²) in [7, 11) is 0. The van der Waals surface area contributed by atoms with Gasteiger partial charge in [0.2, 0.25) is 0 Å². The molecule has 1 aromatic rings. The fourth-order valence-electron chi connectivity index (χ4n) is 1.69. The van der Waals surface area contributed by atoms with Crippen LogP contribution in [0.15, 0.2) is 24.8 Å². The van der Waals surface area contributed by atoms with E-state index >= 15 is 0 Å². The summed E-state index contributed by atoms with van der Waals surface area (Å²) in [5, 5.41) is 0. The molecule has 1 aliphatic rings. The summed E-state index contributed by atoms with van der Waals surface area (Å²) in [6.07, 6.45) is 5.08. The molecule has 0 radical (unpaired) electrons. The van der Waals surface area contributed by atoms with Crippen molar-refractivity contribution in [2.75, 3.05) is 6.61 Å². The maximum absolute atomic E-state index is 5.82. The predicted octanol–water partition coefficient (Wildman–Crippen LogP) is 3.84. The molecule has 1 heterocycles. The Bertz CT molecular complexity index is 370. The maximum atomic E-state index is 5.82. The van der Waals surface area contributed by atoms with Gasteiger partial charge in [0.25, 0.3) is 0 Å². The quantitative estimate of drug-likeness (QED) is 0.784. The molecule has 3 heteroatoms. The van der Waals surface area contributed by atoms with Crippen LogP contribution in [-0.4, -0.2) is 12.9 Å². The van der Waals surface area contributed by atoms with Crippen LogP contribution < -0.4 is 4.74 Å². The Morgan fingerprint density at radius 3 is 2.94 bits per heavy atom. The van der Waals surface area contributed by atoms with Crippen molar-refractivity contribution in [2.45, 2.75) is 25.6 Å². The van der Waals surface area contributed by atoms with Gasteiger partial charge in [0, 0.05) is 6.42 Å². The third-order valence-corrected chi connectivity index (χ3v) is 3.43. The first kappa shape index (κ1) is 11.9. The summed E-state index contributed by atoms with van der Waals surface area (Å²) in [5.41, 5.74) is 1.11. The van der Waals surface area contributed by atoms with Crippen LogP contribution in [0, 0.1) is 3.57 Å². The zero-order valence-corrected chi connectivity index (χ0v) is 11.3. The normalized spacial score (nSPS) is 20.4. The van der Waals surface area contributed by atoms with Gasteiger partial charge in [-0.15, -0.1) is 0 Å². The first-order valence-corrected chi connectivity index (χ1v) is 6.58. The molecule has 16 heavy (non-hydrogen) atoms. The molecule has 2 nitrogen and oxygen atoms in total. The van der Waals surface area contributed by atoms with Crippen molar-refractivity contribution >= 4 is 28.7 Å². The second-order valence-electron chi connectivity index (χ2n) is 3.81. The van der Waals surface area contributed by atoms with E-state index in [4.69, 9.17) is 9.47 Å². The largest absolute Gasteiger partial charge is 0.464 e. The molecule has 1 unspecified atom stereocenters. The van der Waals surface area contributed by atoms with Gasteiger partial charge in [-0.05, 0) is 53.1 Å². The van der Waals surface area contributed by atoms with E-state index in [9.17, 15) is 0 Å². The van der Waals surface area contributed by atoms with Gasteiger partial charge in [0.15, 0.2) is 6.29 Å². The van der Waals surface area contributed by atoms with E-state index in [2.05, 4.69) is 35.2 Å². The van der Waals surface area contributed by atoms with Gasteiger partial charge in [-0.3, -0.25) is 0 Å². The van der Waals surface area contributed by atoms with Crippen LogP contribution in [0.5, 0.6) is 5.75 Å². The molecule has 1 saturated heterocycles. The number of halogens is 1. The number of hydrogen-bond acceptors (Lipinski definition) is 2. The summed E-state index contributed by atoms with van der Waals surface area (Å²) in [5.74, 6) is 0.901. The second kappa shape index (κ2) is 5.68. The van der Waals surface area contributed by atoms with Gasteiger partial charge in [0.1, 0.15) is 5.75 Å². The van der Waals surface area contributed by atoms with Crippen LogP contribution in [0.3, 0.4) is 0 Å². The second-order valence-corrected chi connectivity index (χ2v) is 4.97. The molecule has 1 aliphatic heterocycles. The van der Waals surface area contributed by atoms with E-state index < -0.39 is 0 Å². The summed E-state index contributed by atoms with van der Waals surface area (Å²) in [6.45, 7) is 4.56. The lowest BCUT2D eigenvalue weighted by molar-refractivity contribution is -0.106. The third kappa shape index (κ3) is 2.98. The number of ether oxygens (including phenoxy) is 2. The molecule has 0 aromatic heterocycles. The minimum atomic E-state index is -0.0724. The Morgan fingerprint density at radius 2 is 2.31 bits per heavy atom. The molecule has 0 saturated carbocycles. The molecule has 2 rings (SSSR count). The lowest BCUT2D eigenvalue weighted by Crippen LogP contribution is -2.25. The van der Waals surface area contributed by atoms with E-state index in [0.717, 1.165) is 34.3 Å². The van der Waals surface area contributed by atoms with Crippen molar-refractivity contribution in [3.63, 3.8) is 0 Å². The molecule has 0 N–H and O–H groups in total. The topological polar surface area (TPSA) is 18.5 Å². The van der Waals surface area contributed by atoms with E-state index in [-0.39, 0.29) is 6.29 Å². The molecule has 0 aliphatic carbocycles. The third-order valence-electron chi connectivity index (χ3n) is 2.59. The Balaban J connectivity index is 2.05. The maximum Gasteiger partial charge on any atom is 0.199 e.